The second-order valence-corrected chi connectivity index (χ2v) is 7.80. The molecule has 0 atom stereocenters. The van der Waals surface area contributed by atoms with Crippen molar-refractivity contribution >= 4 is 17.5 Å². The van der Waals surface area contributed by atoms with Crippen molar-refractivity contribution in [1.82, 2.24) is 10.2 Å². The zero-order valence-corrected chi connectivity index (χ0v) is 16.5. The quantitative estimate of drug-likeness (QED) is 0.803. The molecule has 0 spiro atoms. The summed E-state index contributed by atoms with van der Waals surface area (Å²) >= 11 is 0. The number of anilines is 1. The van der Waals surface area contributed by atoms with Gasteiger partial charge in [-0.1, -0.05) is 31.0 Å². The molecule has 148 valence electrons. The number of benzene rings is 1. The Hall–Kier alpha value is -1.92. The smallest absolute Gasteiger partial charge is 0.243 e. The van der Waals surface area contributed by atoms with Crippen LogP contribution in [0.4, 0.5) is 5.69 Å². The molecule has 1 aromatic carbocycles. The molecule has 2 amide bonds. The van der Waals surface area contributed by atoms with E-state index in [1.807, 2.05) is 32.0 Å². The normalized spacial score (nSPS) is 19.6. The van der Waals surface area contributed by atoms with Crippen LogP contribution in [0, 0.1) is 13.8 Å². The predicted molar refractivity (Wildman–Crippen MR) is 106 cm³/mol. The minimum atomic E-state index is -0.187. The number of hydrogen-bond donors (Lipinski definition) is 2. The number of hydrogen-bond acceptors (Lipinski definition) is 4. The van der Waals surface area contributed by atoms with Crippen LogP contribution < -0.4 is 10.6 Å². The Morgan fingerprint density at radius 3 is 2.33 bits per heavy atom. The number of carbonyl (C=O) groups is 2. The molecule has 1 aliphatic heterocycles. The van der Waals surface area contributed by atoms with Gasteiger partial charge in [0.25, 0.3) is 0 Å². The molecular weight excluding hydrogens is 342 g/mol. The molecule has 6 nitrogen and oxygen atoms in total. The topological polar surface area (TPSA) is 70.7 Å². The van der Waals surface area contributed by atoms with Crippen molar-refractivity contribution < 1.29 is 14.3 Å². The van der Waals surface area contributed by atoms with Crippen LogP contribution in [0.15, 0.2) is 18.2 Å². The average Bonchev–Trinajstić information content (AvgIpc) is 3.13. The van der Waals surface area contributed by atoms with E-state index in [2.05, 4.69) is 15.5 Å². The zero-order chi connectivity index (χ0) is 19.3. The fourth-order valence-electron chi connectivity index (χ4n) is 4.41. The van der Waals surface area contributed by atoms with E-state index in [0.29, 0.717) is 6.42 Å². The Bertz CT molecular complexity index is 657. The summed E-state index contributed by atoms with van der Waals surface area (Å²) < 4.78 is 5.47. The first-order valence-electron chi connectivity index (χ1n) is 9.96. The van der Waals surface area contributed by atoms with Crippen LogP contribution in [0.5, 0.6) is 0 Å². The molecule has 2 aliphatic rings. The van der Waals surface area contributed by atoms with Crippen LogP contribution in [0.25, 0.3) is 0 Å². The molecule has 1 aliphatic carbocycles. The summed E-state index contributed by atoms with van der Waals surface area (Å²) in [7, 11) is 0. The number of rotatable bonds is 6. The fraction of sp³-hybridized carbons (Fsp3) is 0.619. The van der Waals surface area contributed by atoms with Crippen molar-refractivity contribution in [3.63, 3.8) is 0 Å². The van der Waals surface area contributed by atoms with Crippen molar-refractivity contribution in [2.75, 3.05) is 38.2 Å². The third kappa shape index (κ3) is 4.87. The van der Waals surface area contributed by atoms with Gasteiger partial charge in [-0.15, -0.1) is 0 Å². The van der Waals surface area contributed by atoms with Gasteiger partial charge in [0, 0.05) is 30.7 Å². The number of nitrogens with one attached hydrogen (secondary N) is 2. The lowest BCUT2D eigenvalue weighted by atomic mass is 9.90. The molecule has 1 aromatic rings. The number of ether oxygens (including phenoxy) is 1. The number of carbonyl (C=O) groups excluding carboxylic acids is 2. The number of amides is 2. The maximum atomic E-state index is 12.6. The van der Waals surface area contributed by atoms with E-state index < -0.39 is 0 Å². The highest BCUT2D eigenvalue weighted by Gasteiger charge is 2.41. The minimum Gasteiger partial charge on any atom is -0.379 e. The van der Waals surface area contributed by atoms with Gasteiger partial charge in [-0.3, -0.25) is 14.5 Å². The Labute approximate surface area is 161 Å². The summed E-state index contributed by atoms with van der Waals surface area (Å²) in [6, 6.07) is 5.90. The van der Waals surface area contributed by atoms with Gasteiger partial charge in [-0.05, 0) is 37.8 Å². The Morgan fingerprint density at radius 2 is 1.70 bits per heavy atom. The van der Waals surface area contributed by atoms with Gasteiger partial charge in [0.15, 0.2) is 0 Å². The highest BCUT2D eigenvalue weighted by atomic mass is 16.5. The highest BCUT2D eigenvalue weighted by molar-refractivity contribution is 5.95. The summed E-state index contributed by atoms with van der Waals surface area (Å²) in [5, 5.41) is 5.74. The van der Waals surface area contributed by atoms with Crippen molar-refractivity contribution in [3.05, 3.63) is 29.3 Å². The van der Waals surface area contributed by atoms with E-state index in [1.54, 1.807) is 0 Å². The van der Waals surface area contributed by atoms with Crippen LogP contribution in [0.3, 0.4) is 0 Å². The van der Waals surface area contributed by atoms with E-state index in [-0.39, 0.29) is 23.9 Å². The molecule has 27 heavy (non-hydrogen) atoms. The lowest BCUT2D eigenvalue weighted by Gasteiger charge is -2.43. The van der Waals surface area contributed by atoms with Gasteiger partial charge in [0.2, 0.25) is 11.8 Å². The molecule has 2 N–H and O–H groups in total. The number of nitrogens with zero attached hydrogens (tertiary/aromatic N) is 1. The zero-order valence-electron chi connectivity index (χ0n) is 16.5. The molecule has 3 rings (SSSR count). The van der Waals surface area contributed by atoms with E-state index >= 15 is 0 Å². The van der Waals surface area contributed by atoms with Gasteiger partial charge in [-0.25, -0.2) is 0 Å². The van der Waals surface area contributed by atoms with Gasteiger partial charge >= 0.3 is 0 Å². The fourth-order valence-corrected chi connectivity index (χ4v) is 4.41. The molecule has 6 heteroatoms. The van der Waals surface area contributed by atoms with Gasteiger partial charge in [-0.2, -0.15) is 0 Å². The van der Waals surface area contributed by atoms with E-state index in [0.717, 1.165) is 68.8 Å². The third-order valence-electron chi connectivity index (χ3n) is 5.90. The van der Waals surface area contributed by atoms with Gasteiger partial charge < -0.3 is 15.4 Å². The van der Waals surface area contributed by atoms with E-state index in [9.17, 15) is 9.59 Å². The first-order valence-corrected chi connectivity index (χ1v) is 9.96. The molecular formula is C21H31N3O3. The first kappa shape index (κ1) is 19.8. The Morgan fingerprint density at radius 1 is 1.07 bits per heavy atom. The molecule has 1 saturated heterocycles. The summed E-state index contributed by atoms with van der Waals surface area (Å²) in [5.74, 6) is -0.229. The molecule has 1 saturated carbocycles. The summed E-state index contributed by atoms with van der Waals surface area (Å²) in [5.41, 5.74) is 2.81. The van der Waals surface area contributed by atoms with Crippen molar-refractivity contribution in [2.24, 2.45) is 0 Å². The maximum Gasteiger partial charge on any atom is 0.243 e. The molecule has 0 aromatic heterocycles. The average molecular weight is 373 g/mol. The SMILES string of the molecule is Cc1cccc(C)c1NC(=O)CNC(=O)CC1(N2CCOCC2)CCCC1. The molecule has 0 radical (unpaired) electrons. The van der Waals surface area contributed by atoms with E-state index in [1.165, 1.54) is 0 Å². The lowest BCUT2D eigenvalue weighted by molar-refractivity contribution is -0.127. The van der Waals surface area contributed by atoms with Crippen LogP contribution in [-0.2, 0) is 14.3 Å². The summed E-state index contributed by atoms with van der Waals surface area (Å²) in [6.07, 6.45) is 4.89. The molecule has 0 bridgehead atoms. The van der Waals surface area contributed by atoms with Crippen LogP contribution >= 0.6 is 0 Å². The van der Waals surface area contributed by atoms with E-state index in [4.69, 9.17) is 4.74 Å². The number of aryl methyl sites for hydroxylation is 2. The second-order valence-electron chi connectivity index (χ2n) is 7.80. The molecule has 0 unspecified atom stereocenters. The number of para-hydroxylation sites is 1. The minimum absolute atomic E-state index is 0.00575. The van der Waals surface area contributed by atoms with Crippen LogP contribution in [-0.4, -0.2) is 55.1 Å². The molecule has 1 heterocycles. The van der Waals surface area contributed by atoms with Crippen LogP contribution in [0.2, 0.25) is 0 Å². The maximum absolute atomic E-state index is 12.6. The summed E-state index contributed by atoms with van der Waals surface area (Å²) in [6.45, 7) is 7.19. The van der Waals surface area contributed by atoms with Crippen molar-refractivity contribution in [3.8, 4) is 0 Å². The van der Waals surface area contributed by atoms with Crippen molar-refractivity contribution in [2.45, 2.75) is 51.5 Å². The predicted octanol–water partition coefficient (Wildman–Crippen LogP) is 2.39. The Balaban J connectivity index is 1.53. The van der Waals surface area contributed by atoms with Gasteiger partial charge in [0.05, 0.1) is 19.8 Å². The summed E-state index contributed by atoms with van der Waals surface area (Å²) in [4.78, 5) is 27.3. The third-order valence-corrected chi connectivity index (χ3v) is 5.90. The largest absolute Gasteiger partial charge is 0.379 e. The van der Waals surface area contributed by atoms with Crippen LogP contribution in [0.1, 0.15) is 43.2 Å². The standard InChI is InChI=1S/C21H31N3O3/c1-16-6-5-7-17(2)20(16)23-19(26)15-22-18(25)14-21(8-3-4-9-21)24-10-12-27-13-11-24/h5-7H,3-4,8-15H2,1-2H3,(H,22,25)(H,23,26). The molecule has 2 fully saturated rings. The Kier molecular flexibility index (Phi) is 6.50. The van der Waals surface area contributed by atoms with Gasteiger partial charge in [0.1, 0.15) is 0 Å². The lowest BCUT2D eigenvalue weighted by Crippen LogP contribution is -2.54. The second kappa shape index (κ2) is 8.85. The number of morpholine rings is 1. The van der Waals surface area contributed by atoms with Crippen molar-refractivity contribution in [1.29, 1.82) is 0 Å². The monoisotopic (exact) mass is 373 g/mol. The first-order chi connectivity index (χ1) is 13.0. The highest BCUT2D eigenvalue weighted by Crippen LogP contribution is 2.38.